The van der Waals surface area contributed by atoms with E-state index in [1.807, 2.05) is 66.2 Å². The Labute approximate surface area is 218 Å². The summed E-state index contributed by atoms with van der Waals surface area (Å²) < 4.78 is 12.6. The molecule has 5 rings (SSSR count). The molecule has 186 valence electrons. The number of aromatic nitrogens is 4. The number of imidazole rings is 1. The molecule has 0 aliphatic carbocycles. The van der Waals surface area contributed by atoms with Crippen molar-refractivity contribution in [1.29, 1.82) is 0 Å². The maximum Gasteiger partial charge on any atom is 0.323 e. The first-order valence-corrected chi connectivity index (χ1v) is 11.8. The van der Waals surface area contributed by atoms with Gasteiger partial charge in [0.2, 0.25) is 5.82 Å². The van der Waals surface area contributed by atoms with Crippen molar-refractivity contribution in [2.24, 2.45) is 0 Å². The average molecular weight is 515 g/mol. The van der Waals surface area contributed by atoms with Crippen LogP contribution in [-0.2, 0) is 6.54 Å². The SMILES string of the molecule is COc1ccc(Cl)cc1NC(=O)Nc1ccc(Cn2cnc(-c3nc(-c4cccc(C)c4)no3)c2)cc1. The molecule has 0 fully saturated rings. The largest absolute Gasteiger partial charge is 0.495 e. The van der Waals surface area contributed by atoms with Gasteiger partial charge in [-0.05, 0) is 48.9 Å². The third-order valence-corrected chi connectivity index (χ3v) is 5.78. The van der Waals surface area contributed by atoms with Gasteiger partial charge < -0.3 is 24.5 Å². The van der Waals surface area contributed by atoms with Crippen LogP contribution in [0.3, 0.4) is 0 Å². The number of nitrogens with zero attached hydrogens (tertiary/aromatic N) is 4. The van der Waals surface area contributed by atoms with Crippen LogP contribution in [0.15, 0.2) is 83.8 Å². The number of carbonyl (C=O) groups is 1. The predicted molar refractivity (Wildman–Crippen MR) is 142 cm³/mol. The van der Waals surface area contributed by atoms with E-state index in [2.05, 4.69) is 25.8 Å². The average Bonchev–Trinajstić information content (AvgIpc) is 3.55. The van der Waals surface area contributed by atoms with Gasteiger partial charge in [0, 0.05) is 29.0 Å². The standard InChI is InChI=1S/C27H23ClN6O3/c1-17-4-3-5-19(12-17)25-32-26(37-33-25)23-15-34(16-29-23)14-18-6-9-21(10-7-18)30-27(35)31-22-13-20(28)8-11-24(22)36-2/h3-13,15-16H,14H2,1-2H3,(H2,30,31,35). The van der Waals surface area contributed by atoms with Gasteiger partial charge in [0.05, 0.1) is 19.1 Å². The van der Waals surface area contributed by atoms with E-state index in [4.69, 9.17) is 20.9 Å². The van der Waals surface area contributed by atoms with E-state index < -0.39 is 6.03 Å². The van der Waals surface area contributed by atoms with Gasteiger partial charge in [0.15, 0.2) is 0 Å². The summed E-state index contributed by atoms with van der Waals surface area (Å²) in [7, 11) is 1.53. The molecule has 9 nitrogen and oxygen atoms in total. The summed E-state index contributed by atoms with van der Waals surface area (Å²) in [4.78, 5) is 21.3. The number of nitrogens with one attached hydrogen (secondary N) is 2. The van der Waals surface area contributed by atoms with Crippen LogP contribution in [0.5, 0.6) is 5.75 Å². The first-order chi connectivity index (χ1) is 18.0. The van der Waals surface area contributed by atoms with Crippen LogP contribution in [0.25, 0.3) is 23.0 Å². The molecule has 0 unspecified atom stereocenters. The molecule has 0 bridgehead atoms. The highest BCUT2D eigenvalue weighted by atomic mass is 35.5. The number of amides is 2. The molecule has 0 spiro atoms. The maximum atomic E-state index is 12.4. The van der Waals surface area contributed by atoms with E-state index in [1.165, 1.54) is 7.11 Å². The van der Waals surface area contributed by atoms with Crippen LogP contribution in [0, 0.1) is 6.92 Å². The first kappa shape index (κ1) is 24.1. The Morgan fingerprint density at radius 2 is 1.92 bits per heavy atom. The van der Waals surface area contributed by atoms with Crippen molar-refractivity contribution in [3.05, 3.63) is 95.4 Å². The fraction of sp³-hybridized carbons (Fsp3) is 0.111. The number of anilines is 2. The summed E-state index contributed by atoms with van der Waals surface area (Å²) in [5, 5.41) is 10.1. The van der Waals surface area contributed by atoms with Crippen LogP contribution in [-0.4, -0.2) is 32.8 Å². The van der Waals surface area contributed by atoms with Crippen LogP contribution < -0.4 is 15.4 Å². The van der Waals surface area contributed by atoms with E-state index >= 15 is 0 Å². The Morgan fingerprint density at radius 3 is 2.70 bits per heavy atom. The van der Waals surface area contributed by atoms with Crippen LogP contribution >= 0.6 is 11.6 Å². The number of hydrogen-bond acceptors (Lipinski definition) is 6. The molecule has 0 saturated carbocycles. The molecular weight excluding hydrogens is 492 g/mol. The second-order valence-corrected chi connectivity index (χ2v) is 8.78. The Bertz CT molecular complexity index is 1540. The van der Waals surface area contributed by atoms with Gasteiger partial charge >= 0.3 is 6.03 Å². The molecule has 37 heavy (non-hydrogen) atoms. The fourth-order valence-corrected chi connectivity index (χ4v) is 3.92. The van der Waals surface area contributed by atoms with Gasteiger partial charge in [0.25, 0.3) is 5.89 Å². The van der Waals surface area contributed by atoms with Crippen molar-refractivity contribution in [3.63, 3.8) is 0 Å². The first-order valence-electron chi connectivity index (χ1n) is 11.4. The van der Waals surface area contributed by atoms with Crippen molar-refractivity contribution in [3.8, 4) is 28.7 Å². The van der Waals surface area contributed by atoms with Gasteiger partial charge in [0.1, 0.15) is 11.4 Å². The second-order valence-electron chi connectivity index (χ2n) is 8.34. The third kappa shape index (κ3) is 5.79. The lowest BCUT2D eigenvalue weighted by Crippen LogP contribution is -2.19. The summed E-state index contributed by atoms with van der Waals surface area (Å²) in [6, 6.07) is 20.0. The molecule has 0 radical (unpaired) electrons. The van der Waals surface area contributed by atoms with Gasteiger partial charge in [-0.1, -0.05) is 52.7 Å². The van der Waals surface area contributed by atoms with E-state index in [1.54, 1.807) is 24.5 Å². The molecule has 3 aromatic carbocycles. The van der Waals surface area contributed by atoms with Gasteiger partial charge in [-0.15, -0.1) is 0 Å². The number of hydrogen-bond donors (Lipinski definition) is 2. The lowest BCUT2D eigenvalue weighted by Gasteiger charge is -2.12. The highest BCUT2D eigenvalue weighted by Crippen LogP contribution is 2.28. The zero-order valence-electron chi connectivity index (χ0n) is 20.1. The van der Waals surface area contributed by atoms with Crippen molar-refractivity contribution in [2.75, 3.05) is 17.7 Å². The summed E-state index contributed by atoms with van der Waals surface area (Å²) in [5.41, 5.74) is 4.76. The van der Waals surface area contributed by atoms with Crippen LogP contribution in [0.4, 0.5) is 16.2 Å². The van der Waals surface area contributed by atoms with Gasteiger partial charge in [-0.3, -0.25) is 0 Å². The van der Waals surface area contributed by atoms with E-state index in [-0.39, 0.29) is 0 Å². The monoisotopic (exact) mass is 514 g/mol. The molecule has 5 aromatic rings. The van der Waals surface area contributed by atoms with Crippen molar-refractivity contribution < 1.29 is 14.1 Å². The minimum atomic E-state index is -0.405. The number of carbonyl (C=O) groups excluding carboxylic acids is 1. The Kier molecular flexibility index (Phi) is 6.87. The third-order valence-electron chi connectivity index (χ3n) is 5.54. The van der Waals surface area contributed by atoms with E-state index in [9.17, 15) is 4.79 Å². The maximum absolute atomic E-state index is 12.4. The molecule has 0 aliphatic heterocycles. The van der Waals surface area contributed by atoms with Gasteiger partial charge in [-0.2, -0.15) is 4.98 Å². The van der Waals surface area contributed by atoms with Crippen molar-refractivity contribution in [1.82, 2.24) is 19.7 Å². The lowest BCUT2D eigenvalue weighted by atomic mass is 10.1. The smallest absolute Gasteiger partial charge is 0.323 e. The minimum absolute atomic E-state index is 0.358. The Morgan fingerprint density at radius 1 is 1.08 bits per heavy atom. The molecule has 0 aliphatic rings. The quantitative estimate of drug-likeness (QED) is 0.265. The summed E-state index contributed by atoms with van der Waals surface area (Å²) in [6.45, 7) is 2.60. The topological polar surface area (TPSA) is 107 Å². The zero-order valence-corrected chi connectivity index (χ0v) is 20.9. The molecule has 2 aromatic heterocycles. The highest BCUT2D eigenvalue weighted by Gasteiger charge is 2.14. The van der Waals surface area contributed by atoms with Crippen LogP contribution in [0.1, 0.15) is 11.1 Å². The molecule has 0 saturated heterocycles. The summed E-state index contributed by atoms with van der Waals surface area (Å²) in [6.07, 6.45) is 3.56. The Hall–Kier alpha value is -4.63. The Balaban J connectivity index is 1.20. The molecule has 0 atom stereocenters. The normalized spacial score (nSPS) is 10.8. The van der Waals surface area contributed by atoms with Gasteiger partial charge in [-0.25, -0.2) is 9.78 Å². The number of aryl methyl sites for hydroxylation is 1. The number of methoxy groups -OCH3 is 1. The number of urea groups is 1. The van der Waals surface area contributed by atoms with Crippen molar-refractivity contribution >= 4 is 29.0 Å². The fourth-order valence-electron chi connectivity index (χ4n) is 3.75. The van der Waals surface area contributed by atoms with Crippen LogP contribution in [0.2, 0.25) is 5.02 Å². The summed E-state index contributed by atoms with van der Waals surface area (Å²) >= 11 is 6.02. The number of benzene rings is 3. The number of rotatable bonds is 7. The van der Waals surface area contributed by atoms with E-state index in [0.29, 0.717) is 46.1 Å². The van der Waals surface area contributed by atoms with E-state index in [0.717, 1.165) is 16.7 Å². The number of ether oxygens (including phenoxy) is 1. The second kappa shape index (κ2) is 10.5. The van der Waals surface area contributed by atoms with Crippen molar-refractivity contribution in [2.45, 2.75) is 13.5 Å². The number of halogens is 1. The zero-order chi connectivity index (χ0) is 25.8. The molecular formula is C27H23ClN6O3. The highest BCUT2D eigenvalue weighted by molar-refractivity contribution is 6.31. The molecule has 2 N–H and O–H groups in total. The predicted octanol–water partition coefficient (Wildman–Crippen LogP) is 6.26. The molecule has 10 heteroatoms. The lowest BCUT2D eigenvalue weighted by molar-refractivity contribution is 0.262. The molecule has 2 heterocycles. The molecule has 2 amide bonds. The summed E-state index contributed by atoms with van der Waals surface area (Å²) in [5.74, 6) is 1.40. The minimum Gasteiger partial charge on any atom is -0.495 e.